The largest absolute Gasteiger partial charge is 0.497 e. The van der Waals surface area contributed by atoms with Crippen molar-refractivity contribution < 1.29 is 14.1 Å². The minimum absolute atomic E-state index is 0.0416. The van der Waals surface area contributed by atoms with Gasteiger partial charge in [-0.25, -0.2) is 4.98 Å². The fraction of sp³-hybridized carbons (Fsp3) is 0.500. The number of carbonyl (C=O) groups excluding carboxylic acids is 1. The summed E-state index contributed by atoms with van der Waals surface area (Å²) in [7, 11) is 1.63. The number of rotatable bonds is 7. The molecule has 32 heavy (non-hydrogen) atoms. The average molecular weight is 438 g/mol. The first-order valence-corrected chi connectivity index (χ1v) is 11.2. The predicted octanol–water partition coefficient (Wildman–Crippen LogP) is 3.67. The van der Waals surface area contributed by atoms with Crippen molar-refractivity contribution in [3.8, 4) is 5.75 Å². The highest BCUT2D eigenvalue weighted by atomic mass is 16.5. The molecule has 8 heteroatoms. The third-order valence-electron chi connectivity index (χ3n) is 5.93. The van der Waals surface area contributed by atoms with Gasteiger partial charge in [-0.15, -0.1) is 0 Å². The van der Waals surface area contributed by atoms with Crippen LogP contribution in [0.25, 0.3) is 11.1 Å². The number of ether oxygens (including phenoxy) is 1. The summed E-state index contributed by atoms with van der Waals surface area (Å²) >= 11 is 0. The summed E-state index contributed by atoms with van der Waals surface area (Å²) in [4.78, 5) is 24.1. The fourth-order valence-electron chi connectivity index (χ4n) is 4.45. The molecule has 4 rings (SSSR count). The summed E-state index contributed by atoms with van der Waals surface area (Å²) in [6.45, 7) is 8.83. The Labute approximate surface area is 188 Å². The smallest absolute Gasteiger partial charge is 0.263 e. The lowest BCUT2D eigenvalue weighted by atomic mass is 9.92. The third-order valence-corrected chi connectivity index (χ3v) is 5.93. The average Bonchev–Trinajstić information content (AvgIpc) is 3.16. The number of nitrogens with one attached hydrogen (secondary N) is 1. The Morgan fingerprint density at radius 1 is 1.19 bits per heavy atom. The number of amides is 1. The van der Waals surface area contributed by atoms with Crippen LogP contribution in [0.15, 0.2) is 28.8 Å². The highest BCUT2D eigenvalue weighted by Crippen LogP contribution is 2.32. The Morgan fingerprint density at radius 3 is 2.59 bits per heavy atom. The maximum absolute atomic E-state index is 12.4. The normalized spacial score (nSPS) is 18.7. The van der Waals surface area contributed by atoms with E-state index in [2.05, 4.69) is 34.2 Å². The van der Waals surface area contributed by atoms with Crippen molar-refractivity contribution in [3.05, 3.63) is 41.3 Å². The van der Waals surface area contributed by atoms with Crippen molar-refractivity contribution in [1.29, 1.82) is 0 Å². The van der Waals surface area contributed by atoms with Gasteiger partial charge in [0.15, 0.2) is 0 Å². The molecule has 2 atom stereocenters. The van der Waals surface area contributed by atoms with Crippen LogP contribution < -0.4 is 15.0 Å². The van der Waals surface area contributed by atoms with Crippen molar-refractivity contribution in [1.82, 2.24) is 20.4 Å². The standard InChI is InChI=1S/C24H31N5O3/c1-15-11-16(2)14-29(13-15)23-22-17(3)28-32-24(22)27-20(26-23)9-10-21(30)25-12-18-5-7-19(31-4)8-6-18/h5-8,15-16H,9-14H2,1-4H3,(H,25,30)/t15-,16-/m0/s1. The maximum Gasteiger partial charge on any atom is 0.263 e. The molecule has 1 aliphatic heterocycles. The second-order valence-electron chi connectivity index (χ2n) is 8.89. The van der Waals surface area contributed by atoms with Gasteiger partial charge in [-0.1, -0.05) is 31.1 Å². The topological polar surface area (TPSA) is 93.4 Å². The summed E-state index contributed by atoms with van der Waals surface area (Å²) in [5, 5.41) is 7.94. The SMILES string of the molecule is COc1ccc(CNC(=O)CCc2nc(N3C[C@@H](C)C[C@H](C)C3)c3c(C)noc3n2)cc1. The lowest BCUT2D eigenvalue weighted by Crippen LogP contribution is -2.39. The van der Waals surface area contributed by atoms with Crippen molar-refractivity contribution in [2.24, 2.45) is 11.8 Å². The first kappa shape index (κ1) is 22.0. The van der Waals surface area contributed by atoms with E-state index in [1.54, 1.807) is 7.11 Å². The van der Waals surface area contributed by atoms with Crippen LogP contribution in [0.1, 0.15) is 43.8 Å². The molecule has 3 aromatic rings. The lowest BCUT2D eigenvalue weighted by molar-refractivity contribution is -0.121. The molecular formula is C24H31N5O3. The zero-order chi connectivity index (χ0) is 22.7. The number of fused-ring (bicyclic) bond motifs is 1. The summed E-state index contributed by atoms with van der Waals surface area (Å²) < 4.78 is 10.6. The van der Waals surface area contributed by atoms with E-state index in [0.29, 0.717) is 42.8 Å². The number of aromatic nitrogens is 3. The number of aryl methyl sites for hydroxylation is 2. The molecule has 1 aromatic carbocycles. The van der Waals surface area contributed by atoms with Crippen LogP contribution >= 0.6 is 0 Å². The van der Waals surface area contributed by atoms with Crippen LogP contribution in [0.3, 0.4) is 0 Å². The van der Waals surface area contributed by atoms with E-state index < -0.39 is 0 Å². The summed E-state index contributed by atoms with van der Waals surface area (Å²) in [5.41, 5.74) is 2.31. The van der Waals surface area contributed by atoms with Gasteiger partial charge in [0, 0.05) is 32.5 Å². The first-order valence-electron chi connectivity index (χ1n) is 11.2. The molecule has 0 unspecified atom stereocenters. The van der Waals surface area contributed by atoms with E-state index >= 15 is 0 Å². The maximum atomic E-state index is 12.4. The second-order valence-corrected chi connectivity index (χ2v) is 8.89. The minimum atomic E-state index is -0.0416. The molecule has 0 spiro atoms. The summed E-state index contributed by atoms with van der Waals surface area (Å²) in [5.74, 6) is 3.42. The molecule has 1 amide bonds. The second kappa shape index (κ2) is 9.54. The van der Waals surface area contributed by atoms with Crippen LogP contribution in [0.2, 0.25) is 0 Å². The number of carbonyl (C=O) groups is 1. The van der Waals surface area contributed by atoms with Crippen LogP contribution in [0.5, 0.6) is 5.75 Å². The molecule has 1 aliphatic rings. The van der Waals surface area contributed by atoms with Gasteiger partial charge in [0.1, 0.15) is 22.8 Å². The Hall–Kier alpha value is -3.16. The predicted molar refractivity (Wildman–Crippen MR) is 123 cm³/mol. The molecule has 2 aromatic heterocycles. The van der Waals surface area contributed by atoms with Crippen LogP contribution in [-0.2, 0) is 17.8 Å². The zero-order valence-corrected chi connectivity index (χ0v) is 19.2. The molecule has 1 N–H and O–H groups in total. The van der Waals surface area contributed by atoms with Gasteiger partial charge in [-0.3, -0.25) is 4.79 Å². The molecule has 0 aliphatic carbocycles. The van der Waals surface area contributed by atoms with Gasteiger partial charge >= 0.3 is 0 Å². The minimum Gasteiger partial charge on any atom is -0.497 e. The summed E-state index contributed by atoms with van der Waals surface area (Å²) in [6, 6.07) is 7.64. The number of nitrogens with zero attached hydrogens (tertiary/aromatic N) is 4. The van der Waals surface area contributed by atoms with Gasteiger partial charge in [0.05, 0.1) is 12.8 Å². The molecule has 3 heterocycles. The zero-order valence-electron chi connectivity index (χ0n) is 19.2. The molecule has 0 saturated carbocycles. The quantitative estimate of drug-likeness (QED) is 0.603. The number of piperidine rings is 1. The number of benzene rings is 1. The molecule has 0 radical (unpaired) electrons. The van der Waals surface area contributed by atoms with Crippen LogP contribution in [0, 0.1) is 18.8 Å². The van der Waals surface area contributed by atoms with Crippen LogP contribution in [0.4, 0.5) is 5.82 Å². The van der Waals surface area contributed by atoms with Crippen molar-refractivity contribution in [3.63, 3.8) is 0 Å². The molecule has 1 fully saturated rings. The van der Waals surface area contributed by atoms with Gasteiger partial charge < -0.3 is 19.5 Å². The van der Waals surface area contributed by atoms with Crippen molar-refractivity contribution in [2.45, 2.75) is 46.6 Å². The highest BCUT2D eigenvalue weighted by molar-refractivity contribution is 5.88. The fourth-order valence-corrected chi connectivity index (χ4v) is 4.45. The Morgan fingerprint density at radius 2 is 1.91 bits per heavy atom. The van der Waals surface area contributed by atoms with Gasteiger partial charge in [0.2, 0.25) is 5.91 Å². The third kappa shape index (κ3) is 5.00. The lowest BCUT2D eigenvalue weighted by Gasteiger charge is -2.36. The van der Waals surface area contributed by atoms with Gasteiger partial charge in [-0.05, 0) is 42.9 Å². The number of methoxy groups -OCH3 is 1. The molecule has 8 nitrogen and oxygen atoms in total. The Kier molecular flexibility index (Phi) is 6.58. The van der Waals surface area contributed by atoms with Gasteiger partial charge in [0.25, 0.3) is 5.71 Å². The summed E-state index contributed by atoms with van der Waals surface area (Å²) in [6.07, 6.45) is 1.96. The van der Waals surface area contributed by atoms with E-state index in [-0.39, 0.29) is 5.91 Å². The number of hydrogen-bond donors (Lipinski definition) is 1. The van der Waals surface area contributed by atoms with Crippen LogP contribution in [-0.4, -0.2) is 41.2 Å². The van der Waals surface area contributed by atoms with E-state index in [1.807, 2.05) is 31.2 Å². The molecule has 0 bridgehead atoms. The monoisotopic (exact) mass is 437 g/mol. The van der Waals surface area contributed by atoms with Gasteiger partial charge in [-0.2, -0.15) is 4.98 Å². The Balaban J connectivity index is 1.44. The van der Waals surface area contributed by atoms with E-state index in [0.717, 1.165) is 41.3 Å². The molecule has 170 valence electrons. The molecule has 1 saturated heterocycles. The van der Waals surface area contributed by atoms with Crippen molar-refractivity contribution >= 4 is 22.8 Å². The van der Waals surface area contributed by atoms with E-state index in [1.165, 1.54) is 6.42 Å². The first-order chi connectivity index (χ1) is 15.4. The molecular weight excluding hydrogens is 406 g/mol. The van der Waals surface area contributed by atoms with E-state index in [4.69, 9.17) is 14.2 Å². The Bertz CT molecular complexity index is 1070. The number of hydrogen-bond acceptors (Lipinski definition) is 7. The van der Waals surface area contributed by atoms with E-state index in [9.17, 15) is 4.79 Å². The highest BCUT2D eigenvalue weighted by Gasteiger charge is 2.27. The number of anilines is 1. The van der Waals surface area contributed by atoms with Crippen molar-refractivity contribution in [2.75, 3.05) is 25.1 Å².